The first kappa shape index (κ1) is 18.5. The Balaban J connectivity index is 1.49. The molecule has 0 amide bonds. The van der Waals surface area contributed by atoms with Gasteiger partial charge in [0.2, 0.25) is 0 Å². The van der Waals surface area contributed by atoms with Gasteiger partial charge in [0, 0.05) is 12.3 Å². The van der Waals surface area contributed by atoms with Crippen LogP contribution in [0.5, 0.6) is 11.5 Å². The highest BCUT2D eigenvalue weighted by atomic mass is 32.1. The lowest BCUT2D eigenvalue weighted by atomic mass is 10.1. The average Bonchev–Trinajstić information content (AvgIpc) is 3.16. The average molecular weight is 418 g/mol. The van der Waals surface area contributed by atoms with E-state index in [4.69, 9.17) is 13.9 Å². The van der Waals surface area contributed by atoms with Gasteiger partial charge in [0.1, 0.15) is 18.0 Å². The standard InChI is InChI=1S/C23H18N2O4S/c1-27-19-11-15(4-5-18(19)28-14-23(13-24)7-8-23)25-9-6-17-16(22(25)26)12-20(29-17)21-3-2-10-30-21/h2-6,9-12H,7-8,14H2,1H3. The normalized spacial score (nSPS) is 14.4. The van der Waals surface area contributed by atoms with Crippen LogP contribution in [0.25, 0.3) is 27.3 Å². The van der Waals surface area contributed by atoms with Crippen LogP contribution in [-0.2, 0) is 0 Å². The number of methoxy groups -OCH3 is 1. The fourth-order valence-corrected chi connectivity index (χ4v) is 4.04. The van der Waals surface area contributed by atoms with Gasteiger partial charge >= 0.3 is 0 Å². The highest BCUT2D eigenvalue weighted by Crippen LogP contribution is 2.45. The van der Waals surface area contributed by atoms with E-state index < -0.39 is 0 Å². The van der Waals surface area contributed by atoms with E-state index in [0.29, 0.717) is 40.5 Å². The molecule has 0 bridgehead atoms. The van der Waals surface area contributed by atoms with Crippen molar-refractivity contribution in [2.45, 2.75) is 12.8 Å². The lowest BCUT2D eigenvalue weighted by Crippen LogP contribution is -2.17. The van der Waals surface area contributed by atoms with E-state index in [1.54, 1.807) is 59.5 Å². The predicted octanol–water partition coefficient (Wildman–Crippen LogP) is 5.00. The van der Waals surface area contributed by atoms with Gasteiger partial charge < -0.3 is 13.9 Å². The number of pyridine rings is 1. The molecule has 5 rings (SSSR count). The Morgan fingerprint density at radius 3 is 2.80 bits per heavy atom. The van der Waals surface area contributed by atoms with E-state index in [0.717, 1.165) is 17.7 Å². The van der Waals surface area contributed by atoms with E-state index in [9.17, 15) is 10.1 Å². The van der Waals surface area contributed by atoms with Gasteiger partial charge in [0.25, 0.3) is 5.56 Å². The second kappa shape index (κ2) is 7.08. The summed E-state index contributed by atoms with van der Waals surface area (Å²) in [6, 6.07) is 15.1. The molecule has 0 spiro atoms. The second-order valence-corrected chi connectivity index (χ2v) is 8.32. The number of nitriles is 1. The van der Waals surface area contributed by atoms with Gasteiger partial charge in [0.15, 0.2) is 11.5 Å². The Bertz CT molecular complexity index is 1320. The number of fused-ring (bicyclic) bond motifs is 1. The van der Waals surface area contributed by atoms with E-state index >= 15 is 0 Å². The fraction of sp³-hybridized carbons (Fsp3) is 0.217. The van der Waals surface area contributed by atoms with Crippen LogP contribution in [-0.4, -0.2) is 18.3 Å². The number of nitrogens with zero attached hydrogens (tertiary/aromatic N) is 2. The van der Waals surface area contributed by atoms with Gasteiger partial charge in [-0.15, -0.1) is 11.3 Å². The van der Waals surface area contributed by atoms with Gasteiger partial charge in [-0.2, -0.15) is 5.26 Å². The summed E-state index contributed by atoms with van der Waals surface area (Å²) in [5.41, 5.74) is 0.674. The summed E-state index contributed by atoms with van der Waals surface area (Å²) in [4.78, 5) is 14.1. The highest BCUT2D eigenvalue weighted by molar-refractivity contribution is 7.13. The predicted molar refractivity (Wildman–Crippen MR) is 114 cm³/mol. The van der Waals surface area contributed by atoms with Crippen LogP contribution in [0, 0.1) is 16.7 Å². The van der Waals surface area contributed by atoms with Gasteiger partial charge in [-0.05, 0) is 48.6 Å². The maximum Gasteiger partial charge on any atom is 0.266 e. The third-order valence-electron chi connectivity index (χ3n) is 5.37. The first-order valence-corrected chi connectivity index (χ1v) is 10.4. The van der Waals surface area contributed by atoms with Crippen molar-refractivity contribution in [3.05, 3.63) is 64.4 Å². The summed E-state index contributed by atoms with van der Waals surface area (Å²) in [6.07, 6.45) is 3.41. The van der Waals surface area contributed by atoms with Crippen LogP contribution in [0.15, 0.2) is 63.3 Å². The molecular formula is C23H18N2O4S. The molecule has 1 aliphatic rings. The van der Waals surface area contributed by atoms with Crippen molar-refractivity contribution >= 4 is 22.3 Å². The van der Waals surface area contributed by atoms with E-state index in [-0.39, 0.29) is 11.0 Å². The lowest BCUT2D eigenvalue weighted by Gasteiger charge is -2.14. The molecule has 0 aliphatic heterocycles. The third-order valence-corrected chi connectivity index (χ3v) is 6.25. The number of rotatable bonds is 6. The number of thiophene rings is 1. The number of ether oxygens (including phenoxy) is 2. The topological polar surface area (TPSA) is 77.4 Å². The van der Waals surface area contributed by atoms with Crippen LogP contribution in [0.3, 0.4) is 0 Å². The van der Waals surface area contributed by atoms with Crippen molar-refractivity contribution in [2.24, 2.45) is 5.41 Å². The zero-order chi connectivity index (χ0) is 20.7. The van der Waals surface area contributed by atoms with Gasteiger partial charge in [-0.3, -0.25) is 9.36 Å². The number of hydrogen-bond donors (Lipinski definition) is 0. The first-order valence-electron chi connectivity index (χ1n) is 9.54. The first-order chi connectivity index (χ1) is 14.6. The fourth-order valence-electron chi connectivity index (χ4n) is 3.36. The Kier molecular flexibility index (Phi) is 4.37. The largest absolute Gasteiger partial charge is 0.493 e. The van der Waals surface area contributed by atoms with Crippen LogP contribution in [0.1, 0.15) is 12.8 Å². The summed E-state index contributed by atoms with van der Waals surface area (Å²) >= 11 is 1.56. The molecule has 1 fully saturated rings. The molecule has 0 unspecified atom stereocenters. The molecule has 0 N–H and O–H groups in total. The lowest BCUT2D eigenvalue weighted by molar-refractivity contribution is 0.255. The summed E-state index contributed by atoms with van der Waals surface area (Å²) < 4.78 is 18.7. The molecular weight excluding hydrogens is 400 g/mol. The smallest absolute Gasteiger partial charge is 0.266 e. The van der Waals surface area contributed by atoms with Crippen LogP contribution >= 0.6 is 11.3 Å². The van der Waals surface area contributed by atoms with Crippen LogP contribution < -0.4 is 15.0 Å². The minimum absolute atomic E-state index is 0.170. The maximum atomic E-state index is 13.1. The molecule has 4 aromatic rings. The summed E-state index contributed by atoms with van der Waals surface area (Å²) in [5.74, 6) is 1.75. The van der Waals surface area contributed by atoms with Crippen molar-refractivity contribution in [2.75, 3.05) is 13.7 Å². The molecule has 1 aliphatic carbocycles. The zero-order valence-electron chi connectivity index (χ0n) is 16.3. The molecule has 0 radical (unpaired) electrons. The molecule has 150 valence electrons. The Morgan fingerprint density at radius 2 is 2.10 bits per heavy atom. The van der Waals surface area contributed by atoms with Crippen molar-refractivity contribution in [1.82, 2.24) is 4.57 Å². The molecule has 1 saturated carbocycles. The molecule has 3 aromatic heterocycles. The second-order valence-electron chi connectivity index (χ2n) is 7.37. The van der Waals surface area contributed by atoms with Crippen molar-refractivity contribution < 1.29 is 13.9 Å². The number of hydrogen-bond acceptors (Lipinski definition) is 6. The number of aromatic nitrogens is 1. The monoisotopic (exact) mass is 418 g/mol. The number of furan rings is 1. The third kappa shape index (κ3) is 3.15. The molecule has 0 saturated heterocycles. The Labute approximate surface area is 176 Å². The minimum Gasteiger partial charge on any atom is -0.493 e. The molecule has 6 nitrogen and oxygen atoms in total. The molecule has 0 atom stereocenters. The van der Waals surface area contributed by atoms with Crippen molar-refractivity contribution in [3.63, 3.8) is 0 Å². The quantitative estimate of drug-likeness (QED) is 0.440. The highest BCUT2D eigenvalue weighted by Gasteiger charge is 2.44. The summed E-state index contributed by atoms with van der Waals surface area (Å²) in [6.45, 7) is 0.339. The van der Waals surface area contributed by atoms with Gasteiger partial charge in [0.05, 0.1) is 34.5 Å². The Hall–Kier alpha value is -3.50. The van der Waals surface area contributed by atoms with E-state index in [1.807, 2.05) is 17.5 Å². The summed E-state index contributed by atoms with van der Waals surface area (Å²) in [5, 5.41) is 11.7. The van der Waals surface area contributed by atoms with E-state index in [1.165, 1.54) is 0 Å². The van der Waals surface area contributed by atoms with E-state index in [2.05, 4.69) is 6.07 Å². The van der Waals surface area contributed by atoms with Crippen LogP contribution in [0.2, 0.25) is 0 Å². The summed E-state index contributed by atoms with van der Waals surface area (Å²) in [7, 11) is 1.55. The minimum atomic E-state index is -0.368. The van der Waals surface area contributed by atoms with Gasteiger partial charge in [-0.25, -0.2) is 0 Å². The SMILES string of the molecule is COc1cc(-n2ccc3oc(-c4cccs4)cc3c2=O)ccc1OCC1(C#N)CC1. The Morgan fingerprint density at radius 1 is 1.23 bits per heavy atom. The number of benzene rings is 1. The van der Waals surface area contributed by atoms with Crippen LogP contribution in [0.4, 0.5) is 0 Å². The maximum absolute atomic E-state index is 13.1. The van der Waals surface area contributed by atoms with Crippen molar-refractivity contribution in [1.29, 1.82) is 5.26 Å². The van der Waals surface area contributed by atoms with Crippen molar-refractivity contribution in [3.8, 4) is 33.9 Å². The molecule has 1 aromatic carbocycles. The van der Waals surface area contributed by atoms with Gasteiger partial charge in [-0.1, -0.05) is 6.07 Å². The molecule has 3 heterocycles. The zero-order valence-corrected chi connectivity index (χ0v) is 17.1. The molecule has 7 heteroatoms. The molecule has 30 heavy (non-hydrogen) atoms.